The molecule has 0 bridgehead atoms. The first-order chi connectivity index (χ1) is 45.4. The maximum Gasteiger partial charge on any atom is 0.410 e. The molecule has 0 spiro atoms. The number of primary amides is 1. The summed E-state index contributed by atoms with van der Waals surface area (Å²) in [5.74, 6) is -4.94. The van der Waals surface area contributed by atoms with Crippen LogP contribution < -0.4 is 32.3 Å². The number of carbonyl (C=O) groups is 11. The van der Waals surface area contributed by atoms with Crippen LogP contribution in [0.5, 0.6) is 0 Å². The van der Waals surface area contributed by atoms with Gasteiger partial charge in [-0.2, -0.15) is 0 Å². The van der Waals surface area contributed by atoms with Gasteiger partial charge in [-0.15, -0.1) is 11.3 Å². The van der Waals surface area contributed by atoms with Gasteiger partial charge in [0.05, 0.1) is 11.5 Å². The third-order valence-electron chi connectivity index (χ3n) is 17.7. The number of ether oxygens (including phenoxy) is 2. The van der Waals surface area contributed by atoms with Gasteiger partial charge in [-0.3, -0.25) is 43.3 Å². The first-order valence-electron chi connectivity index (χ1n) is 33.8. The number of urea groups is 1. The molecule has 1 aromatic heterocycles. The molecule has 3 aromatic rings. The Hall–Kier alpha value is -8.22. The predicted molar refractivity (Wildman–Crippen MR) is 368 cm³/mol. The number of ketones is 1. The molecule has 1 aliphatic heterocycles. The van der Waals surface area contributed by atoms with Gasteiger partial charge >= 0.3 is 24.2 Å². The summed E-state index contributed by atoms with van der Waals surface area (Å²) >= 11 is 1.12. The second-order valence-corrected chi connectivity index (χ2v) is 27.7. The minimum absolute atomic E-state index is 0.0118. The Balaban J connectivity index is 1.42. The average molecular weight is 1360 g/mol. The van der Waals surface area contributed by atoms with Gasteiger partial charge in [-0.1, -0.05) is 118 Å². The molecule has 8 atom stereocenters. The Morgan fingerprint density at radius 3 is 2.04 bits per heavy atom. The SMILES string of the molecule is CCCN(C(=O)[C@@H](CC(=O)[C@@H](C(C)C)N(C)C(=O)OCc1ccc(NC(=O)CC[C@H](CCCNC(N)=O)[C@@H](NC(=O)CCCCCN2C(=O)C=CC2=O)C(C)C)cc1)[C@@H](C)CC)[C@H](C[C@@H](OC(=O)NC)c1nc(C(=O)N[C@@H](Cc2ccccc2)CC(C)(C)C(=O)O)cs1)C(C)C. The van der Waals surface area contributed by atoms with Crippen LogP contribution in [-0.2, 0) is 56.1 Å². The van der Waals surface area contributed by atoms with Crippen molar-refractivity contribution < 1.29 is 67.3 Å². The summed E-state index contributed by atoms with van der Waals surface area (Å²) in [6, 6.07) is 13.2. The number of alkyl carbamates (subject to hydrolysis) is 1. The molecule has 0 saturated carbocycles. The standard InChI is InChI=1S/C71H106N10O14S/c1-14-36-80(55(44(3)4)40-57(95-69(92)73-12)65-77-54(43-96-65)64(87)76-52(41-71(10,11)67(89)90)38-48-23-18-16-19-24-48)66(88)53(47(9)15-2)39-56(82)63(46(7)8)79(13)70(93)94-42-49-27-30-51(31-28-49)75-59(84)32-29-50(25-22-35-74-68(72)91)62(45(5)6)78-58(83)26-20-17-21-37-81-60(85)33-34-61(81)86/h16,18-19,23-24,27-28,30-31,33-34,43-47,50,52-53,55,57,62-63H,14-15,17,20-22,25-26,29,32,35-42H2,1-13H3,(H,73,92)(H,75,84)(H,76,87)(H,78,83)(H,89,90)(H3,72,74,91)/t47-,50-,52-,53-,55+,57+,62-,63+/m0/s1. The quantitative estimate of drug-likeness (QED) is 0.0205. The third kappa shape index (κ3) is 25.7. The smallest absolute Gasteiger partial charge is 0.410 e. The average Bonchev–Trinajstić information content (AvgIpc) is 0.940. The number of nitrogens with two attached hydrogens (primary N) is 1. The van der Waals surface area contributed by atoms with Crippen molar-refractivity contribution in [1.82, 2.24) is 41.0 Å². The van der Waals surface area contributed by atoms with Crippen molar-refractivity contribution in [2.75, 3.05) is 39.0 Å². The van der Waals surface area contributed by atoms with Gasteiger partial charge < -0.3 is 56.7 Å². The molecular weight excluding hydrogens is 1250 g/mol. The Morgan fingerprint density at radius 2 is 1.46 bits per heavy atom. The molecular formula is C71H106N10O14S. The van der Waals surface area contributed by atoms with E-state index in [2.05, 4.69) is 31.6 Å². The van der Waals surface area contributed by atoms with Crippen molar-refractivity contribution in [2.45, 2.75) is 203 Å². The highest BCUT2D eigenvalue weighted by Crippen LogP contribution is 2.35. The van der Waals surface area contributed by atoms with Crippen molar-refractivity contribution in [3.63, 3.8) is 0 Å². The Bertz CT molecular complexity index is 3080. The number of carboxylic acids is 1. The molecule has 0 saturated heterocycles. The van der Waals surface area contributed by atoms with E-state index in [1.165, 1.54) is 36.0 Å². The molecule has 530 valence electrons. The van der Waals surface area contributed by atoms with Gasteiger partial charge in [0.2, 0.25) is 17.7 Å². The van der Waals surface area contributed by atoms with Crippen molar-refractivity contribution in [2.24, 2.45) is 46.7 Å². The molecule has 0 radical (unpaired) electrons. The largest absolute Gasteiger partial charge is 0.481 e. The summed E-state index contributed by atoms with van der Waals surface area (Å²) in [5, 5.41) is 26.1. The van der Waals surface area contributed by atoms with Gasteiger partial charge in [0.1, 0.15) is 17.3 Å². The van der Waals surface area contributed by atoms with Crippen molar-refractivity contribution in [3.8, 4) is 0 Å². The lowest BCUT2D eigenvalue weighted by molar-refractivity contribution is -0.147. The normalized spacial score (nSPS) is 14.8. The van der Waals surface area contributed by atoms with E-state index < -0.39 is 65.7 Å². The van der Waals surface area contributed by atoms with Crippen LogP contribution >= 0.6 is 11.3 Å². The number of unbranched alkanes of at least 4 members (excludes halogenated alkanes) is 2. The Kier molecular flexibility index (Phi) is 33.2. The number of rotatable bonds is 42. The predicted octanol–water partition coefficient (Wildman–Crippen LogP) is 10.4. The van der Waals surface area contributed by atoms with Crippen LogP contribution in [0.15, 0.2) is 72.1 Å². The number of carboxylic acid groups (broad SMARTS) is 1. The van der Waals surface area contributed by atoms with E-state index in [9.17, 15) is 53.1 Å². The lowest BCUT2D eigenvalue weighted by atomic mass is 9.82. The molecule has 10 amide bonds. The Labute approximate surface area is 570 Å². The van der Waals surface area contributed by atoms with E-state index in [1.54, 1.807) is 48.4 Å². The number of likely N-dealkylation sites (N-methyl/N-ethyl adjacent to an activating group) is 1. The number of imide groups is 1. The number of thiazole rings is 1. The monoisotopic (exact) mass is 1350 g/mol. The fourth-order valence-electron chi connectivity index (χ4n) is 12.2. The van der Waals surface area contributed by atoms with E-state index in [0.717, 1.165) is 16.9 Å². The van der Waals surface area contributed by atoms with Crippen LogP contribution in [0.3, 0.4) is 0 Å². The number of nitrogens with one attached hydrogen (secondary N) is 5. The number of anilines is 1. The third-order valence-corrected chi connectivity index (χ3v) is 18.7. The topological polar surface area (TPSA) is 335 Å². The summed E-state index contributed by atoms with van der Waals surface area (Å²) in [6.45, 7) is 21.4. The number of Topliss-reactive ketones (excluding diaryl/α,β-unsaturated/α-hetero) is 1. The van der Waals surface area contributed by atoms with Crippen LogP contribution in [0.2, 0.25) is 0 Å². The summed E-state index contributed by atoms with van der Waals surface area (Å²) in [5.41, 5.74) is 6.23. The van der Waals surface area contributed by atoms with Crippen LogP contribution in [0.4, 0.5) is 20.1 Å². The van der Waals surface area contributed by atoms with Crippen molar-refractivity contribution >= 4 is 82.4 Å². The van der Waals surface area contributed by atoms with Gasteiger partial charge in [0.25, 0.3) is 17.7 Å². The zero-order chi connectivity index (χ0) is 71.4. The molecule has 96 heavy (non-hydrogen) atoms. The summed E-state index contributed by atoms with van der Waals surface area (Å²) in [6.07, 6.45) is 5.28. The van der Waals surface area contributed by atoms with Gasteiger partial charge in [-0.25, -0.2) is 19.4 Å². The number of carbonyl (C=O) groups excluding carboxylic acids is 10. The lowest BCUT2D eigenvalue weighted by Gasteiger charge is -2.39. The number of nitrogens with zero attached hydrogens (tertiary/aromatic N) is 4. The van der Waals surface area contributed by atoms with E-state index >= 15 is 4.79 Å². The van der Waals surface area contributed by atoms with Crippen molar-refractivity contribution in [3.05, 3.63) is 94.0 Å². The number of hydrogen-bond donors (Lipinski definition) is 7. The van der Waals surface area contributed by atoms with Gasteiger partial charge in [0.15, 0.2) is 11.9 Å². The molecule has 2 aromatic carbocycles. The molecule has 24 nitrogen and oxygen atoms in total. The maximum absolute atomic E-state index is 15.3. The zero-order valence-corrected chi connectivity index (χ0v) is 59.4. The van der Waals surface area contributed by atoms with E-state index in [4.69, 9.17) is 15.2 Å². The van der Waals surface area contributed by atoms with Crippen LogP contribution in [0, 0.1) is 40.9 Å². The summed E-state index contributed by atoms with van der Waals surface area (Å²) in [7, 11) is 2.92. The molecule has 4 rings (SSSR count). The highest BCUT2D eigenvalue weighted by Gasteiger charge is 2.41. The van der Waals surface area contributed by atoms with Gasteiger partial charge in [-0.05, 0) is 118 Å². The van der Waals surface area contributed by atoms with Crippen molar-refractivity contribution in [1.29, 1.82) is 0 Å². The second kappa shape index (κ2) is 39.7. The minimum atomic E-state index is -1.16. The number of aromatic nitrogens is 1. The van der Waals surface area contributed by atoms with Crippen LogP contribution in [-0.4, -0.2) is 148 Å². The molecule has 0 unspecified atom stereocenters. The van der Waals surface area contributed by atoms with E-state index in [-0.39, 0.29) is 122 Å². The first kappa shape index (κ1) is 80.2. The lowest BCUT2D eigenvalue weighted by Crippen LogP contribution is -2.51. The summed E-state index contributed by atoms with van der Waals surface area (Å²) < 4.78 is 11.7. The zero-order valence-electron chi connectivity index (χ0n) is 58.5. The number of amides is 10. The molecule has 8 N–H and O–H groups in total. The molecule has 2 heterocycles. The van der Waals surface area contributed by atoms with Crippen LogP contribution in [0.1, 0.15) is 192 Å². The van der Waals surface area contributed by atoms with Gasteiger partial charge in [0, 0.05) is 107 Å². The molecule has 0 fully saturated rings. The fraction of sp³-hybridized carbons (Fsp3) is 0.606. The number of benzene rings is 2. The number of aliphatic carboxylic acids is 1. The first-order valence-corrected chi connectivity index (χ1v) is 34.7. The number of hydrogen-bond acceptors (Lipinski definition) is 15. The highest BCUT2D eigenvalue weighted by molar-refractivity contribution is 7.09. The summed E-state index contributed by atoms with van der Waals surface area (Å²) in [4.78, 5) is 154. The second-order valence-electron chi connectivity index (χ2n) is 26.9. The molecule has 0 aliphatic carbocycles. The minimum Gasteiger partial charge on any atom is -0.481 e. The molecule has 25 heteroatoms. The highest BCUT2D eigenvalue weighted by atomic mass is 32.1. The maximum atomic E-state index is 15.3. The Morgan fingerprint density at radius 1 is 0.792 bits per heavy atom. The van der Waals surface area contributed by atoms with E-state index in [1.807, 2.05) is 92.6 Å². The van der Waals surface area contributed by atoms with Crippen LogP contribution in [0.25, 0.3) is 0 Å². The fourth-order valence-corrected chi connectivity index (χ4v) is 13.0. The molecule has 1 aliphatic rings. The van der Waals surface area contributed by atoms with E-state index in [0.29, 0.717) is 87.1 Å².